The lowest BCUT2D eigenvalue weighted by Gasteiger charge is -2.11. The molecule has 5 nitrogen and oxygen atoms in total. The lowest BCUT2D eigenvalue weighted by atomic mass is 10.1. The molecular weight excluding hydrogens is 304 g/mol. The molecule has 0 spiro atoms. The summed E-state index contributed by atoms with van der Waals surface area (Å²) < 4.78 is 6.95. The summed E-state index contributed by atoms with van der Waals surface area (Å²) in [6.45, 7) is 1.90. The van der Waals surface area contributed by atoms with Gasteiger partial charge in [-0.1, -0.05) is 18.2 Å². The molecule has 1 heterocycles. The van der Waals surface area contributed by atoms with Crippen LogP contribution in [0.2, 0.25) is 0 Å². The molecule has 3 rings (SSSR count). The number of anilines is 1. The van der Waals surface area contributed by atoms with Crippen LogP contribution in [0.4, 0.5) is 5.69 Å². The van der Waals surface area contributed by atoms with Crippen molar-refractivity contribution in [1.82, 2.24) is 4.57 Å². The van der Waals surface area contributed by atoms with E-state index in [9.17, 15) is 9.59 Å². The van der Waals surface area contributed by atoms with Crippen LogP contribution in [0.25, 0.3) is 10.9 Å². The molecule has 0 atom stereocenters. The minimum atomic E-state index is -0.422. The van der Waals surface area contributed by atoms with E-state index in [4.69, 9.17) is 4.74 Å². The molecule has 3 aromatic rings. The maximum absolute atomic E-state index is 12.7. The summed E-state index contributed by atoms with van der Waals surface area (Å²) in [5.74, 6) is 0.158. The van der Waals surface area contributed by atoms with E-state index in [0.29, 0.717) is 16.8 Å². The van der Waals surface area contributed by atoms with Gasteiger partial charge in [0.05, 0.1) is 18.0 Å². The molecular formula is C19H18N2O3. The van der Waals surface area contributed by atoms with Crippen LogP contribution >= 0.6 is 0 Å². The summed E-state index contributed by atoms with van der Waals surface area (Å²) in [6.07, 6.45) is 1.56. The van der Waals surface area contributed by atoms with Gasteiger partial charge in [0, 0.05) is 18.9 Å². The number of rotatable bonds is 3. The number of carbonyl (C=O) groups excluding carboxylic acids is 1. The summed E-state index contributed by atoms with van der Waals surface area (Å²) in [4.78, 5) is 25.3. The van der Waals surface area contributed by atoms with Gasteiger partial charge in [-0.25, -0.2) is 0 Å². The third kappa shape index (κ3) is 2.76. The van der Waals surface area contributed by atoms with Crippen molar-refractivity contribution in [2.45, 2.75) is 6.92 Å². The number of benzene rings is 2. The van der Waals surface area contributed by atoms with E-state index in [1.807, 2.05) is 31.2 Å². The second-order valence-electron chi connectivity index (χ2n) is 5.63. The SMILES string of the molecule is COc1ccc2c(c1)c(=O)c(C(=O)Nc1ccccc1C)cn2C. The van der Waals surface area contributed by atoms with Crippen LogP contribution in [0.3, 0.4) is 0 Å². The first-order chi connectivity index (χ1) is 11.5. The van der Waals surface area contributed by atoms with Gasteiger partial charge in [-0.3, -0.25) is 9.59 Å². The van der Waals surface area contributed by atoms with Gasteiger partial charge in [0.25, 0.3) is 5.91 Å². The lowest BCUT2D eigenvalue weighted by molar-refractivity contribution is 0.102. The standard InChI is InChI=1S/C19H18N2O3/c1-12-6-4-5-7-16(12)20-19(23)15-11-21(2)17-9-8-13(24-3)10-14(17)18(15)22/h4-11H,1-3H3,(H,20,23). The monoisotopic (exact) mass is 322 g/mol. The van der Waals surface area contributed by atoms with Crippen molar-refractivity contribution in [2.24, 2.45) is 7.05 Å². The summed E-state index contributed by atoms with van der Waals surface area (Å²) in [5.41, 5.74) is 2.16. The number of aryl methyl sites for hydroxylation is 2. The third-order valence-electron chi connectivity index (χ3n) is 4.03. The summed E-state index contributed by atoms with van der Waals surface area (Å²) >= 11 is 0. The van der Waals surface area contributed by atoms with Gasteiger partial charge in [0.2, 0.25) is 5.43 Å². The number of ether oxygens (including phenoxy) is 1. The zero-order valence-electron chi connectivity index (χ0n) is 13.8. The van der Waals surface area contributed by atoms with Gasteiger partial charge >= 0.3 is 0 Å². The summed E-state index contributed by atoms with van der Waals surface area (Å²) in [7, 11) is 3.35. The predicted octanol–water partition coefficient (Wildman–Crippen LogP) is 3.11. The van der Waals surface area contributed by atoms with Crippen LogP contribution in [0, 0.1) is 6.92 Å². The first-order valence-electron chi connectivity index (χ1n) is 7.55. The van der Waals surface area contributed by atoms with Crippen molar-refractivity contribution in [3.63, 3.8) is 0 Å². The molecule has 24 heavy (non-hydrogen) atoms. The van der Waals surface area contributed by atoms with Gasteiger partial charge < -0.3 is 14.6 Å². The van der Waals surface area contributed by atoms with E-state index in [2.05, 4.69) is 5.32 Å². The van der Waals surface area contributed by atoms with Crippen LogP contribution in [0.5, 0.6) is 5.75 Å². The zero-order chi connectivity index (χ0) is 17.3. The Morgan fingerprint density at radius 1 is 1.17 bits per heavy atom. The van der Waals surface area contributed by atoms with Gasteiger partial charge in [-0.05, 0) is 36.8 Å². The normalized spacial score (nSPS) is 10.6. The number of nitrogens with one attached hydrogen (secondary N) is 1. The first-order valence-corrected chi connectivity index (χ1v) is 7.55. The molecule has 0 aliphatic rings. The van der Waals surface area contributed by atoms with Crippen LogP contribution in [-0.4, -0.2) is 17.6 Å². The quantitative estimate of drug-likeness (QED) is 0.806. The molecule has 0 aliphatic heterocycles. The summed E-state index contributed by atoms with van der Waals surface area (Å²) in [6, 6.07) is 12.7. The fourth-order valence-electron chi connectivity index (χ4n) is 2.66. The van der Waals surface area contributed by atoms with Crippen LogP contribution in [0.1, 0.15) is 15.9 Å². The molecule has 0 bridgehead atoms. The number of pyridine rings is 1. The first kappa shape index (κ1) is 15.8. The average molecular weight is 322 g/mol. The highest BCUT2D eigenvalue weighted by Crippen LogP contribution is 2.19. The molecule has 2 aromatic carbocycles. The maximum Gasteiger partial charge on any atom is 0.261 e. The molecule has 1 N–H and O–H groups in total. The molecule has 0 unspecified atom stereocenters. The maximum atomic E-state index is 12.7. The van der Waals surface area contributed by atoms with Crippen molar-refractivity contribution < 1.29 is 9.53 Å². The number of para-hydroxylation sites is 1. The molecule has 5 heteroatoms. The van der Waals surface area contributed by atoms with Crippen LogP contribution < -0.4 is 15.5 Å². The number of aromatic nitrogens is 1. The minimum absolute atomic E-state index is 0.0986. The van der Waals surface area contributed by atoms with Crippen molar-refractivity contribution in [1.29, 1.82) is 0 Å². The molecule has 122 valence electrons. The predicted molar refractivity (Wildman–Crippen MR) is 94.9 cm³/mol. The minimum Gasteiger partial charge on any atom is -0.497 e. The number of amides is 1. The number of methoxy groups -OCH3 is 1. The third-order valence-corrected chi connectivity index (χ3v) is 4.03. The van der Waals surface area contributed by atoms with E-state index >= 15 is 0 Å². The Balaban J connectivity index is 2.09. The topological polar surface area (TPSA) is 60.3 Å². The lowest BCUT2D eigenvalue weighted by Crippen LogP contribution is -2.23. The largest absolute Gasteiger partial charge is 0.497 e. The van der Waals surface area contributed by atoms with E-state index in [1.165, 1.54) is 0 Å². The van der Waals surface area contributed by atoms with E-state index < -0.39 is 5.91 Å². The Morgan fingerprint density at radius 3 is 2.62 bits per heavy atom. The number of hydrogen-bond donors (Lipinski definition) is 1. The van der Waals surface area contributed by atoms with Crippen molar-refractivity contribution in [2.75, 3.05) is 12.4 Å². The Kier molecular flexibility index (Phi) is 4.08. The highest BCUT2D eigenvalue weighted by atomic mass is 16.5. The molecule has 1 aromatic heterocycles. The van der Waals surface area contributed by atoms with Crippen molar-refractivity contribution in [3.05, 3.63) is 70.0 Å². The highest BCUT2D eigenvalue weighted by molar-refractivity contribution is 6.06. The van der Waals surface area contributed by atoms with Crippen LogP contribution in [0.15, 0.2) is 53.5 Å². The number of fused-ring (bicyclic) bond motifs is 1. The van der Waals surface area contributed by atoms with E-state index in [-0.39, 0.29) is 11.0 Å². The van der Waals surface area contributed by atoms with Gasteiger partial charge in [-0.15, -0.1) is 0 Å². The molecule has 0 fully saturated rings. The van der Waals surface area contributed by atoms with Gasteiger partial charge in [0.15, 0.2) is 0 Å². The zero-order valence-corrected chi connectivity index (χ0v) is 13.8. The van der Waals surface area contributed by atoms with Gasteiger partial charge in [-0.2, -0.15) is 0 Å². The highest BCUT2D eigenvalue weighted by Gasteiger charge is 2.15. The Hall–Kier alpha value is -3.08. The Morgan fingerprint density at radius 2 is 1.92 bits per heavy atom. The number of hydrogen-bond acceptors (Lipinski definition) is 3. The molecule has 0 saturated heterocycles. The molecule has 0 saturated carbocycles. The second kappa shape index (κ2) is 6.20. The Labute approximate surface area is 139 Å². The fourth-order valence-corrected chi connectivity index (χ4v) is 2.66. The molecule has 0 aliphatic carbocycles. The Bertz CT molecular complexity index is 990. The second-order valence-corrected chi connectivity index (χ2v) is 5.63. The number of carbonyl (C=O) groups is 1. The molecule has 0 radical (unpaired) electrons. The van der Waals surface area contributed by atoms with Gasteiger partial charge in [0.1, 0.15) is 11.3 Å². The summed E-state index contributed by atoms with van der Waals surface area (Å²) in [5, 5.41) is 3.26. The van der Waals surface area contributed by atoms with Crippen molar-refractivity contribution >= 4 is 22.5 Å². The fraction of sp³-hybridized carbons (Fsp3) is 0.158. The van der Waals surface area contributed by atoms with E-state index in [0.717, 1.165) is 11.1 Å². The number of nitrogens with zero attached hydrogens (tertiary/aromatic N) is 1. The van der Waals surface area contributed by atoms with Crippen molar-refractivity contribution in [3.8, 4) is 5.75 Å². The average Bonchev–Trinajstić information content (AvgIpc) is 2.59. The molecule has 1 amide bonds. The van der Waals surface area contributed by atoms with Crippen LogP contribution in [-0.2, 0) is 7.05 Å². The smallest absolute Gasteiger partial charge is 0.261 e. The van der Waals surface area contributed by atoms with E-state index in [1.54, 1.807) is 43.1 Å².